The van der Waals surface area contributed by atoms with E-state index in [1.807, 2.05) is 6.92 Å². The monoisotopic (exact) mass is 326 g/mol. The molecule has 0 saturated heterocycles. The molecule has 3 rings (SSSR count). The number of rotatable bonds is 4. The van der Waals surface area contributed by atoms with E-state index in [-0.39, 0.29) is 5.69 Å². The Balaban J connectivity index is 1.81. The number of hydrogen-bond donors (Lipinski definition) is 1. The molecule has 0 spiro atoms. The van der Waals surface area contributed by atoms with Crippen molar-refractivity contribution in [2.45, 2.75) is 6.92 Å². The Bertz CT molecular complexity index is 880. The van der Waals surface area contributed by atoms with Crippen LogP contribution in [-0.2, 0) is 4.74 Å². The molecule has 3 aromatic rings. The first kappa shape index (κ1) is 15.5. The number of carbonyl (C=O) groups is 2. The lowest BCUT2D eigenvalue weighted by molar-refractivity contribution is 0.0600. The second-order valence-electron chi connectivity index (χ2n) is 5.03. The van der Waals surface area contributed by atoms with Gasteiger partial charge < -0.3 is 19.0 Å². The van der Waals surface area contributed by atoms with Crippen LogP contribution in [0.5, 0.6) is 0 Å². The van der Waals surface area contributed by atoms with Gasteiger partial charge in [0.1, 0.15) is 0 Å². The Kier molecular flexibility index (Phi) is 4.15. The van der Waals surface area contributed by atoms with Crippen LogP contribution in [0.1, 0.15) is 26.4 Å². The highest BCUT2D eigenvalue weighted by atomic mass is 16.5. The topological polar surface area (TPSA) is 94.6 Å². The molecule has 7 nitrogen and oxygen atoms in total. The van der Waals surface area contributed by atoms with Crippen molar-refractivity contribution in [2.24, 2.45) is 0 Å². The van der Waals surface area contributed by atoms with Gasteiger partial charge in [-0.25, -0.2) is 4.79 Å². The van der Waals surface area contributed by atoms with E-state index in [1.165, 1.54) is 19.4 Å². The van der Waals surface area contributed by atoms with Crippen LogP contribution in [0.4, 0.5) is 5.69 Å². The summed E-state index contributed by atoms with van der Waals surface area (Å²) in [5, 5.41) is 6.44. The van der Waals surface area contributed by atoms with E-state index < -0.39 is 11.9 Å². The predicted octanol–water partition coefficient (Wildman–Crippen LogP) is 3.28. The summed E-state index contributed by atoms with van der Waals surface area (Å²) in [7, 11) is 1.30. The van der Waals surface area contributed by atoms with Crippen LogP contribution in [0.2, 0.25) is 0 Å². The van der Waals surface area contributed by atoms with E-state index in [1.54, 1.807) is 30.3 Å². The molecule has 0 bridgehead atoms. The van der Waals surface area contributed by atoms with Crippen molar-refractivity contribution in [2.75, 3.05) is 12.4 Å². The number of amides is 1. The zero-order valence-electron chi connectivity index (χ0n) is 13.0. The number of ether oxygens (including phenoxy) is 1. The molecule has 0 aliphatic heterocycles. The molecular weight excluding hydrogens is 312 g/mol. The smallest absolute Gasteiger partial charge is 0.337 e. The van der Waals surface area contributed by atoms with Gasteiger partial charge >= 0.3 is 5.97 Å². The Morgan fingerprint density at radius 2 is 2.00 bits per heavy atom. The first-order valence-electron chi connectivity index (χ1n) is 7.09. The van der Waals surface area contributed by atoms with Crippen LogP contribution < -0.4 is 5.32 Å². The number of furan rings is 1. The summed E-state index contributed by atoms with van der Waals surface area (Å²) < 4.78 is 15.0. The fourth-order valence-electron chi connectivity index (χ4n) is 2.10. The lowest BCUT2D eigenvalue weighted by Gasteiger charge is -2.08. The van der Waals surface area contributed by atoms with Crippen molar-refractivity contribution in [3.8, 4) is 11.5 Å². The summed E-state index contributed by atoms with van der Waals surface area (Å²) in [5.74, 6) is -0.107. The standard InChI is InChI=1S/C17H14N2O5/c1-10-5-6-11(17(21)22-2)8-12(10)18-16(20)13-9-15(24-19-13)14-4-3-7-23-14/h3-9H,1-2H3,(H,18,20). The summed E-state index contributed by atoms with van der Waals surface area (Å²) >= 11 is 0. The molecule has 0 radical (unpaired) electrons. The van der Waals surface area contributed by atoms with Crippen molar-refractivity contribution in [1.82, 2.24) is 5.16 Å². The van der Waals surface area contributed by atoms with E-state index >= 15 is 0 Å². The van der Waals surface area contributed by atoms with E-state index in [0.717, 1.165) is 5.56 Å². The van der Waals surface area contributed by atoms with Gasteiger partial charge in [0, 0.05) is 11.8 Å². The van der Waals surface area contributed by atoms with Gasteiger partial charge in [0.15, 0.2) is 11.5 Å². The molecule has 2 aromatic heterocycles. The lowest BCUT2D eigenvalue weighted by atomic mass is 10.1. The highest BCUT2D eigenvalue weighted by Crippen LogP contribution is 2.22. The predicted molar refractivity (Wildman–Crippen MR) is 84.7 cm³/mol. The number of benzene rings is 1. The van der Waals surface area contributed by atoms with E-state index in [0.29, 0.717) is 22.8 Å². The third-order valence-corrected chi connectivity index (χ3v) is 3.41. The van der Waals surface area contributed by atoms with E-state index in [9.17, 15) is 9.59 Å². The summed E-state index contributed by atoms with van der Waals surface area (Å²) in [6, 6.07) is 9.78. The molecule has 1 amide bonds. The van der Waals surface area contributed by atoms with Gasteiger partial charge in [-0.1, -0.05) is 11.2 Å². The summed E-state index contributed by atoms with van der Waals surface area (Å²) in [6.45, 7) is 1.81. The Morgan fingerprint density at radius 1 is 1.17 bits per heavy atom. The van der Waals surface area contributed by atoms with Crippen LogP contribution in [0.3, 0.4) is 0 Å². The van der Waals surface area contributed by atoms with Gasteiger partial charge in [-0.3, -0.25) is 4.79 Å². The number of aryl methyl sites for hydroxylation is 1. The molecule has 0 fully saturated rings. The zero-order chi connectivity index (χ0) is 17.1. The third kappa shape index (κ3) is 3.05. The molecule has 0 aliphatic rings. The van der Waals surface area contributed by atoms with Crippen molar-refractivity contribution in [3.63, 3.8) is 0 Å². The van der Waals surface area contributed by atoms with E-state index in [4.69, 9.17) is 8.94 Å². The summed E-state index contributed by atoms with van der Waals surface area (Å²) in [5.41, 5.74) is 1.73. The SMILES string of the molecule is COC(=O)c1ccc(C)c(NC(=O)c2cc(-c3ccco3)on2)c1. The van der Waals surface area contributed by atoms with Crippen LogP contribution in [0.25, 0.3) is 11.5 Å². The molecular formula is C17H14N2O5. The average molecular weight is 326 g/mol. The molecule has 0 aliphatic carbocycles. The molecule has 2 heterocycles. The highest BCUT2D eigenvalue weighted by Gasteiger charge is 2.17. The minimum atomic E-state index is -0.480. The first-order chi connectivity index (χ1) is 11.6. The number of methoxy groups -OCH3 is 1. The summed E-state index contributed by atoms with van der Waals surface area (Å²) in [6.07, 6.45) is 1.50. The third-order valence-electron chi connectivity index (χ3n) is 3.41. The van der Waals surface area contributed by atoms with Gasteiger partial charge in [-0.2, -0.15) is 0 Å². The fourth-order valence-corrected chi connectivity index (χ4v) is 2.10. The Labute approximate surface area is 137 Å². The van der Waals surface area contributed by atoms with Gasteiger partial charge in [-0.05, 0) is 36.8 Å². The number of hydrogen-bond acceptors (Lipinski definition) is 6. The lowest BCUT2D eigenvalue weighted by Crippen LogP contribution is -2.14. The normalized spacial score (nSPS) is 10.4. The average Bonchev–Trinajstić information content (AvgIpc) is 3.27. The number of nitrogens with zero attached hydrogens (tertiary/aromatic N) is 1. The fraction of sp³-hybridized carbons (Fsp3) is 0.118. The van der Waals surface area contributed by atoms with Crippen LogP contribution >= 0.6 is 0 Å². The highest BCUT2D eigenvalue weighted by molar-refractivity contribution is 6.04. The maximum atomic E-state index is 12.3. The minimum Gasteiger partial charge on any atom is -0.465 e. The van der Waals surface area contributed by atoms with Gasteiger partial charge in [0.25, 0.3) is 5.91 Å². The Hall–Kier alpha value is -3.35. The van der Waals surface area contributed by atoms with Crippen molar-refractivity contribution in [1.29, 1.82) is 0 Å². The molecule has 1 aromatic carbocycles. The van der Waals surface area contributed by atoms with Crippen LogP contribution in [-0.4, -0.2) is 24.1 Å². The van der Waals surface area contributed by atoms with Crippen molar-refractivity contribution < 1.29 is 23.3 Å². The zero-order valence-corrected chi connectivity index (χ0v) is 13.0. The van der Waals surface area contributed by atoms with Crippen LogP contribution in [0.15, 0.2) is 51.6 Å². The number of anilines is 1. The first-order valence-corrected chi connectivity index (χ1v) is 7.09. The maximum Gasteiger partial charge on any atom is 0.337 e. The molecule has 122 valence electrons. The number of carbonyl (C=O) groups excluding carboxylic acids is 2. The van der Waals surface area contributed by atoms with Gasteiger partial charge in [0.05, 0.1) is 18.9 Å². The molecule has 24 heavy (non-hydrogen) atoms. The molecule has 0 atom stereocenters. The van der Waals surface area contributed by atoms with Gasteiger partial charge in [-0.15, -0.1) is 0 Å². The number of aromatic nitrogens is 1. The number of esters is 1. The molecule has 7 heteroatoms. The molecule has 0 saturated carbocycles. The van der Waals surface area contributed by atoms with Crippen molar-refractivity contribution >= 4 is 17.6 Å². The largest absolute Gasteiger partial charge is 0.465 e. The maximum absolute atomic E-state index is 12.3. The molecule has 1 N–H and O–H groups in total. The summed E-state index contributed by atoms with van der Waals surface area (Å²) in [4.78, 5) is 23.9. The second kappa shape index (κ2) is 6.41. The number of nitrogens with one attached hydrogen (secondary N) is 1. The quantitative estimate of drug-likeness (QED) is 0.739. The van der Waals surface area contributed by atoms with Crippen molar-refractivity contribution in [3.05, 3.63) is 59.5 Å². The second-order valence-corrected chi connectivity index (χ2v) is 5.03. The minimum absolute atomic E-state index is 0.101. The molecule has 0 unspecified atom stereocenters. The Morgan fingerprint density at radius 3 is 2.71 bits per heavy atom. The van der Waals surface area contributed by atoms with Gasteiger partial charge in [0.2, 0.25) is 5.76 Å². The van der Waals surface area contributed by atoms with E-state index in [2.05, 4.69) is 15.2 Å². The van der Waals surface area contributed by atoms with Crippen LogP contribution in [0, 0.1) is 6.92 Å².